The number of hydrogen-bond acceptors (Lipinski definition) is 4. The fourth-order valence-electron chi connectivity index (χ4n) is 0.275. The van der Waals surface area contributed by atoms with Crippen molar-refractivity contribution in [3.63, 3.8) is 0 Å². The largest absolute Gasteiger partial charge is 0.446 e. The first-order valence-corrected chi connectivity index (χ1v) is 2.15. The van der Waals surface area contributed by atoms with Gasteiger partial charge in [-0.1, -0.05) is 0 Å². The average Bonchev–Trinajstić information content (AvgIpc) is 1.68. The molecule has 48 valence electrons. The van der Waals surface area contributed by atoms with Crippen LogP contribution in [0.5, 0.6) is 0 Å². The fourth-order valence-corrected chi connectivity index (χ4v) is 0.275. The van der Waals surface area contributed by atoms with Crippen molar-refractivity contribution in [3.05, 3.63) is 0 Å². The predicted molar refractivity (Wildman–Crippen MR) is 27.0 cm³/mol. The van der Waals surface area contributed by atoms with E-state index in [1.807, 2.05) is 0 Å². The highest BCUT2D eigenvalue weighted by Crippen LogP contribution is 1.77. The van der Waals surface area contributed by atoms with E-state index in [1.165, 1.54) is 7.11 Å². The van der Waals surface area contributed by atoms with Crippen LogP contribution in [0, 0.1) is 0 Å². The van der Waals surface area contributed by atoms with E-state index in [4.69, 9.17) is 5.73 Å². The molecule has 0 radical (unpaired) electrons. The van der Waals surface area contributed by atoms with Crippen LogP contribution in [-0.4, -0.2) is 26.4 Å². The van der Waals surface area contributed by atoms with Crippen molar-refractivity contribution >= 4 is 6.47 Å². The molecule has 0 amide bonds. The SMILES string of the molecule is COCC(N)OC=O. The molecule has 1 atom stereocenters. The van der Waals surface area contributed by atoms with E-state index in [0.717, 1.165) is 0 Å². The summed E-state index contributed by atoms with van der Waals surface area (Å²) in [5, 5.41) is 0. The maximum atomic E-state index is 9.53. The van der Waals surface area contributed by atoms with Crippen molar-refractivity contribution in [2.24, 2.45) is 5.73 Å². The molecule has 0 aromatic heterocycles. The Balaban J connectivity index is 3.03. The van der Waals surface area contributed by atoms with Crippen LogP contribution < -0.4 is 5.73 Å². The summed E-state index contributed by atoms with van der Waals surface area (Å²) in [6, 6.07) is 0. The lowest BCUT2D eigenvalue weighted by Gasteiger charge is -2.05. The number of rotatable bonds is 4. The van der Waals surface area contributed by atoms with Gasteiger partial charge in [0.25, 0.3) is 6.47 Å². The molecule has 0 aromatic rings. The van der Waals surface area contributed by atoms with Gasteiger partial charge >= 0.3 is 0 Å². The lowest BCUT2D eigenvalue weighted by molar-refractivity contribution is -0.135. The molecule has 0 aliphatic heterocycles. The van der Waals surface area contributed by atoms with Crippen molar-refractivity contribution < 1.29 is 14.3 Å². The second-order valence-corrected chi connectivity index (χ2v) is 1.23. The summed E-state index contributed by atoms with van der Waals surface area (Å²) in [5.41, 5.74) is 5.12. The number of carbonyl (C=O) groups is 1. The molecule has 8 heavy (non-hydrogen) atoms. The highest BCUT2D eigenvalue weighted by molar-refractivity contribution is 5.37. The summed E-state index contributed by atoms with van der Waals surface area (Å²) in [6.45, 7) is 0.530. The second-order valence-electron chi connectivity index (χ2n) is 1.23. The van der Waals surface area contributed by atoms with E-state index < -0.39 is 6.23 Å². The summed E-state index contributed by atoms with van der Waals surface area (Å²) in [7, 11) is 1.48. The first-order valence-electron chi connectivity index (χ1n) is 2.15. The van der Waals surface area contributed by atoms with Gasteiger partial charge in [0.2, 0.25) is 0 Å². The lowest BCUT2D eigenvalue weighted by atomic mass is 10.6. The minimum Gasteiger partial charge on any atom is -0.446 e. The summed E-state index contributed by atoms with van der Waals surface area (Å²) >= 11 is 0. The molecule has 0 aliphatic carbocycles. The lowest BCUT2D eigenvalue weighted by Crippen LogP contribution is -2.28. The minimum atomic E-state index is -0.627. The third kappa shape index (κ3) is 3.58. The van der Waals surface area contributed by atoms with Gasteiger partial charge in [0.1, 0.15) is 0 Å². The molecule has 0 rings (SSSR count). The number of ether oxygens (including phenoxy) is 2. The summed E-state index contributed by atoms with van der Waals surface area (Å²) in [6.07, 6.45) is -0.627. The van der Waals surface area contributed by atoms with E-state index in [0.29, 0.717) is 6.47 Å². The molecule has 0 saturated heterocycles. The fraction of sp³-hybridized carbons (Fsp3) is 0.750. The zero-order valence-electron chi connectivity index (χ0n) is 4.66. The van der Waals surface area contributed by atoms with Gasteiger partial charge in [0, 0.05) is 7.11 Å². The molecule has 0 fully saturated rings. The molecule has 4 heteroatoms. The number of carbonyl (C=O) groups excluding carboxylic acids is 1. The molecule has 0 aliphatic rings. The van der Waals surface area contributed by atoms with Gasteiger partial charge in [0.05, 0.1) is 6.61 Å². The molecule has 2 N–H and O–H groups in total. The number of nitrogens with two attached hydrogens (primary N) is 1. The van der Waals surface area contributed by atoms with Crippen LogP contribution in [0.15, 0.2) is 0 Å². The minimum absolute atomic E-state index is 0.235. The predicted octanol–water partition coefficient (Wildman–Crippen LogP) is -0.909. The van der Waals surface area contributed by atoms with Gasteiger partial charge < -0.3 is 9.47 Å². The van der Waals surface area contributed by atoms with Crippen LogP contribution >= 0.6 is 0 Å². The maximum absolute atomic E-state index is 9.53. The number of methoxy groups -OCH3 is 1. The third-order valence-corrected chi connectivity index (χ3v) is 0.561. The van der Waals surface area contributed by atoms with Crippen molar-refractivity contribution in [1.82, 2.24) is 0 Å². The van der Waals surface area contributed by atoms with Crippen LogP contribution in [0.3, 0.4) is 0 Å². The standard InChI is InChI=1S/C4H9NO3/c1-7-2-4(5)8-3-6/h3-4H,2,5H2,1H3. The monoisotopic (exact) mass is 119 g/mol. The first-order chi connectivity index (χ1) is 3.81. The van der Waals surface area contributed by atoms with Crippen molar-refractivity contribution in [2.45, 2.75) is 6.23 Å². The zero-order chi connectivity index (χ0) is 6.41. The Morgan fingerprint density at radius 1 is 1.88 bits per heavy atom. The molecule has 0 bridgehead atoms. The highest BCUT2D eigenvalue weighted by Gasteiger charge is 1.96. The van der Waals surface area contributed by atoms with Crippen LogP contribution in [0.2, 0.25) is 0 Å². The van der Waals surface area contributed by atoms with Crippen molar-refractivity contribution in [1.29, 1.82) is 0 Å². The van der Waals surface area contributed by atoms with E-state index in [2.05, 4.69) is 9.47 Å². The Bertz CT molecular complexity index is 66.3. The van der Waals surface area contributed by atoms with E-state index in [-0.39, 0.29) is 6.61 Å². The third-order valence-electron chi connectivity index (χ3n) is 0.561. The quantitative estimate of drug-likeness (QED) is 0.384. The van der Waals surface area contributed by atoms with Crippen LogP contribution in [0.1, 0.15) is 0 Å². The second kappa shape index (κ2) is 4.55. The molecule has 0 aromatic carbocycles. The first kappa shape index (κ1) is 7.39. The average molecular weight is 119 g/mol. The summed E-state index contributed by atoms with van der Waals surface area (Å²) in [5.74, 6) is 0. The van der Waals surface area contributed by atoms with Crippen molar-refractivity contribution in [2.75, 3.05) is 13.7 Å². The van der Waals surface area contributed by atoms with Crippen molar-refractivity contribution in [3.8, 4) is 0 Å². The van der Waals surface area contributed by atoms with E-state index in [9.17, 15) is 4.79 Å². The van der Waals surface area contributed by atoms with Gasteiger partial charge in [-0.2, -0.15) is 0 Å². The molecular formula is C4H9NO3. The molecule has 0 spiro atoms. The summed E-state index contributed by atoms with van der Waals surface area (Å²) in [4.78, 5) is 9.53. The highest BCUT2D eigenvalue weighted by atomic mass is 16.6. The van der Waals surface area contributed by atoms with Crippen LogP contribution in [-0.2, 0) is 14.3 Å². The molecule has 1 unspecified atom stereocenters. The normalized spacial score (nSPS) is 12.8. The molecule has 0 saturated carbocycles. The Morgan fingerprint density at radius 2 is 2.50 bits per heavy atom. The van der Waals surface area contributed by atoms with E-state index in [1.54, 1.807) is 0 Å². The van der Waals surface area contributed by atoms with Gasteiger partial charge in [-0.3, -0.25) is 10.5 Å². The Kier molecular flexibility index (Phi) is 4.20. The Morgan fingerprint density at radius 3 is 2.88 bits per heavy atom. The van der Waals surface area contributed by atoms with Gasteiger partial charge in [0.15, 0.2) is 6.23 Å². The maximum Gasteiger partial charge on any atom is 0.294 e. The van der Waals surface area contributed by atoms with Gasteiger partial charge in [-0.15, -0.1) is 0 Å². The zero-order valence-corrected chi connectivity index (χ0v) is 4.66. The Labute approximate surface area is 47.6 Å². The summed E-state index contributed by atoms with van der Waals surface area (Å²) < 4.78 is 8.80. The topological polar surface area (TPSA) is 61.6 Å². The Hall–Kier alpha value is -0.610. The molecular weight excluding hydrogens is 110 g/mol. The smallest absolute Gasteiger partial charge is 0.294 e. The van der Waals surface area contributed by atoms with Gasteiger partial charge in [-0.05, 0) is 0 Å². The van der Waals surface area contributed by atoms with E-state index >= 15 is 0 Å². The van der Waals surface area contributed by atoms with Crippen LogP contribution in [0.4, 0.5) is 0 Å². The molecule has 0 heterocycles. The molecule has 4 nitrogen and oxygen atoms in total. The number of hydrogen-bond donors (Lipinski definition) is 1. The van der Waals surface area contributed by atoms with Gasteiger partial charge in [-0.25, -0.2) is 0 Å². The van der Waals surface area contributed by atoms with Crippen LogP contribution in [0.25, 0.3) is 0 Å².